The number of nitrogen functional groups attached to an aromatic ring is 1. The molecule has 0 aromatic heterocycles. The van der Waals surface area contributed by atoms with Crippen molar-refractivity contribution in [3.8, 4) is 5.75 Å². The first kappa shape index (κ1) is 11.9. The molecule has 1 aromatic carbocycles. The number of ether oxygens (including phenoxy) is 1. The highest BCUT2D eigenvalue weighted by molar-refractivity contribution is 5.95. The van der Waals surface area contributed by atoms with E-state index >= 15 is 0 Å². The van der Waals surface area contributed by atoms with Crippen LogP contribution in [-0.4, -0.2) is 12.4 Å². The van der Waals surface area contributed by atoms with Gasteiger partial charge in [-0.3, -0.25) is 5.41 Å². The van der Waals surface area contributed by atoms with Gasteiger partial charge in [0.15, 0.2) is 11.6 Å². The minimum Gasteiger partial charge on any atom is -0.490 e. The summed E-state index contributed by atoms with van der Waals surface area (Å²) in [6.07, 6.45) is 4.85. The van der Waals surface area contributed by atoms with Crippen molar-refractivity contribution in [2.75, 3.05) is 6.61 Å². The van der Waals surface area contributed by atoms with Crippen LogP contribution in [0.5, 0.6) is 5.75 Å². The van der Waals surface area contributed by atoms with E-state index in [9.17, 15) is 4.39 Å². The van der Waals surface area contributed by atoms with Crippen LogP contribution in [0.15, 0.2) is 18.2 Å². The Kier molecular flexibility index (Phi) is 3.61. The SMILES string of the molecule is N=C(N)c1ccc(OCC2CCCC2)c(F)c1. The number of benzene rings is 1. The van der Waals surface area contributed by atoms with Crippen LogP contribution in [0.1, 0.15) is 31.2 Å². The highest BCUT2D eigenvalue weighted by atomic mass is 19.1. The van der Waals surface area contributed by atoms with Gasteiger partial charge in [0, 0.05) is 5.56 Å². The van der Waals surface area contributed by atoms with E-state index in [0.29, 0.717) is 18.1 Å². The van der Waals surface area contributed by atoms with E-state index in [0.717, 1.165) is 0 Å². The maximum Gasteiger partial charge on any atom is 0.165 e. The predicted octanol–water partition coefficient (Wildman–Crippen LogP) is 2.68. The Morgan fingerprint density at radius 2 is 2.12 bits per heavy atom. The smallest absolute Gasteiger partial charge is 0.165 e. The third kappa shape index (κ3) is 2.96. The van der Waals surface area contributed by atoms with Crippen molar-refractivity contribution in [1.29, 1.82) is 5.41 Å². The molecule has 0 unspecified atom stereocenters. The van der Waals surface area contributed by atoms with Gasteiger partial charge in [-0.05, 0) is 37.0 Å². The average molecular weight is 236 g/mol. The van der Waals surface area contributed by atoms with Gasteiger partial charge in [0.05, 0.1) is 6.61 Å². The number of amidine groups is 1. The molecule has 92 valence electrons. The molecule has 1 aliphatic rings. The van der Waals surface area contributed by atoms with Crippen molar-refractivity contribution < 1.29 is 9.13 Å². The molecule has 0 atom stereocenters. The topological polar surface area (TPSA) is 59.1 Å². The van der Waals surface area contributed by atoms with Gasteiger partial charge in [0.1, 0.15) is 5.84 Å². The standard InChI is InChI=1S/C13H17FN2O/c14-11-7-10(13(15)16)5-6-12(11)17-8-9-3-1-2-4-9/h5-7,9H,1-4,8H2,(H3,15,16). The summed E-state index contributed by atoms with van der Waals surface area (Å²) in [7, 11) is 0. The number of halogens is 1. The van der Waals surface area contributed by atoms with Crippen LogP contribution in [-0.2, 0) is 0 Å². The highest BCUT2D eigenvalue weighted by Gasteiger charge is 2.16. The van der Waals surface area contributed by atoms with Crippen molar-refractivity contribution in [1.82, 2.24) is 0 Å². The maximum absolute atomic E-state index is 13.6. The van der Waals surface area contributed by atoms with E-state index in [1.165, 1.54) is 31.7 Å². The molecule has 2 rings (SSSR count). The molecule has 4 heteroatoms. The van der Waals surface area contributed by atoms with E-state index in [4.69, 9.17) is 15.9 Å². The van der Waals surface area contributed by atoms with Gasteiger partial charge in [-0.25, -0.2) is 4.39 Å². The van der Waals surface area contributed by atoms with Crippen LogP contribution < -0.4 is 10.5 Å². The second-order valence-corrected chi connectivity index (χ2v) is 4.52. The fourth-order valence-electron chi connectivity index (χ4n) is 2.17. The van der Waals surface area contributed by atoms with E-state index in [1.54, 1.807) is 12.1 Å². The second kappa shape index (κ2) is 5.17. The molecule has 1 aliphatic carbocycles. The summed E-state index contributed by atoms with van der Waals surface area (Å²) in [5.41, 5.74) is 5.67. The van der Waals surface area contributed by atoms with Crippen molar-refractivity contribution >= 4 is 5.84 Å². The third-order valence-corrected chi connectivity index (χ3v) is 3.19. The lowest BCUT2D eigenvalue weighted by Crippen LogP contribution is -2.12. The molecular weight excluding hydrogens is 219 g/mol. The molecule has 1 saturated carbocycles. The minimum atomic E-state index is -0.448. The first-order chi connectivity index (χ1) is 8.16. The Labute approximate surface area is 100 Å². The quantitative estimate of drug-likeness (QED) is 0.623. The van der Waals surface area contributed by atoms with Crippen molar-refractivity contribution in [2.24, 2.45) is 11.7 Å². The van der Waals surface area contributed by atoms with E-state index in [1.807, 2.05) is 0 Å². The van der Waals surface area contributed by atoms with Gasteiger partial charge in [-0.2, -0.15) is 0 Å². The first-order valence-electron chi connectivity index (χ1n) is 5.93. The van der Waals surface area contributed by atoms with Crippen LogP contribution in [0, 0.1) is 17.1 Å². The normalized spacial score (nSPS) is 16.1. The number of hydrogen-bond acceptors (Lipinski definition) is 2. The lowest BCUT2D eigenvalue weighted by Gasteiger charge is -2.12. The summed E-state index contributed by atoms with van der Waals surface area (Å²) < 4.78 is 19.1. The van der Waals surface area contributed by atoms with Crippen molar-refractivity contribution in [3.63, 3.8) is 0 Å². The van der Waals surface area contributed by atoms with Gasteiger partial charge in [-0.15, -0.1) is 0 Å². The zero-order valence-electron chi connectivity index (χ0n) is 9.71. The van der Waals surface area contributed by atoms with Crippen LogP contribution >= 0.6 is 0 Å². The van der Waals surface area contributed by atoms with E-state index in [2.05, 4.69) is 0 Å². The summed E-state index contributed by atoms with van der Waals surface area (Å²) in [5, 5.41) is 7.21. The average Bonchev–Trinajstić information content (AvgIpc) is 2.80. The molecule has 0 radical (unpaired) electrons. The van der Waals surface area contributed by atoms with Gasteiger partial charge < -0.3 is 10.5 Å². The molecule has 0 spiro atoms. The number of rotatable bonds is 4. The van der Waals surface area contributed by atoms with Gasteiger partial charge in [-0.1, -0.05) is 12.8 Å². The molecule has 0 aliphatic heterocycles. The summed E-state index contributed by atoms with van der Waals surface area (Å²) in [6.45, 7) is 0.580. The van der Waals surface area contributed by atoms with Crippen molar-refractivity contribution in [3.05, 3.63) is 29.6 Å². The maximum atomic E-state index is 13.6. The number of nitrogens with one attached hydrogen (secondary N) is 1. The Morgan fingerprint density at radius 3 is 2.71 bits per heavy atom. The molecule has 1 fully saturated rings. The van der Waals surface area contributed by atoms with Gasteiger partial charge >= 0.3 is 0 Å². The molecular formula is C13H17FN2O. The van der Waals surface area contributed by atoms with Crippen LogP contribution in [0.2, 0.25) is 0 Å². The Bertz CT molecular complexity index is 414. The highest BCUT2D eigenvalue weighted by Crippen LogP contribution is 2.26. The molecule has 0 heterocycles. The van der Waals surface area contributed by atoms with Gasteiger partial charge in [0.25, 0.3) is 0 Å². The van der Waals surface area contributed by atoms with E-state index < -0.39 is 5.82 Å². The largest absolute Gasteiger partial charge is 0.490 e. The van der Waals surface area contributed by atoms with Crippen molar-refractivity contribution in [2.45, 2.75) is 25.7 Å². The molecule has 3 N–H and O–H groups in total. The monoisotopic (exact) mass is 236 g/mol. The Hall–Kier alpha value is -1.58. The molecule has 0 bridgehead atoms. The fourth-order valence-corrected chi connectivity index (χ4v) is 2.17. The van der Waals surface area contributed by atoms with E-state index in [-0.39, 0.29) is 11.6 Å². The van der Waals surface area contributed by atoms with Crippen LogP contribution in [0.4, 0.5) is 4.39 Å². The fraction of sp³-hybridized carbons (Fsp3) is 0.462. The Balaban J connectivity index is 1.98. The second-order valence-electron chi connectivity index (χ2n) is 4.52. The lowest BCUT2D eigenvalue weighted by atomic mass is 10.1. The number of nitrogens with two attached hydrogens (primary N) is 1. The predicted molar refractivity (Wildman–Crippen MR) is 64.9 cm³/mol. The Morgan fingerprint density at radius 1 is 1.41 bits per heavy atom. The zero-order chi connectivity index (χ0) is 12.3. The lowest BCUT2D eigenvalue weighted by molar-refractivity contribution is 0.242. The minimum absolute atomic E-state index is 0.133. The summed E-state index contributed by atoms with van der Waals surface area (Å²) >= 11 is 0. The summed E-state index contributed by atoms with van der Waals surface area (Å²) in [6, 6.07) is 4.39. The molecule has 1 aromatic rings. The molecule has 0 amide bonds. The zero-order valence-corrected chi connectivity index (χ0v) is 9.71. The number of hydrogen-bond donors (Lipinski definition) is 2. The third-order valence-electron chi connectivity index (χ3n) is 3.19. The van der Waals surface area contributed by atoms with Crippen LogP contribution in [0.3, 0.4) is 0 Å². The van der Waals surface area contributed by atoms with Gasteiger partial charge in [0.2, 0.25) is 0 Å². The summed E-state index contributed by atoms with van der Waals surface area (Å²) in [5.74, 6) is 0.228. The molecule has 0 saturated heterocycles. The molecule has 17 heavy (non-hydrogen) atoms. The molecule has 3 nitrogen and oxygen atoms in total. The summed E-state index contributed by atoms with van der Waals surface area (Å²) in [4.78, 5) is 0. The first-order valence-corrected chi connectivity index (χ1v) is 5.93. The van der Waals surface area contributed by atoms with Crippen LogP contribution in [0.25, 0.3) is 0 Å².